The van der Waals surface area contributed by atoms with Crippen LogP contribution >= 0.6 is 0 Å². The van der Waals surface area contributed by atoms with Gasteiger partial charge >= 0.3 is 0 Å². The number of hydrogen-bond acceptors (Lipinski definition) is 6. The second-order valence-electron chi connectivity index (χ2n) is 6.11. The van der Waals surface area contributed by atoms with Gasteiger partial charge in [0.25, 0.3) is 0 Å². The number of morpholine rings is 1. The lowest BCUT2D eigenvalue weighted by Crippen LogP contribution is -2.39. The molecule has 1 aromatic rings. The van der Waals surface area contributed by atoms with Crippen LogP contribution in [0.3, 0.4) is 0 Å². The maximum atomic E-state index is 5.81. The van der Waals surface area contributed by atoms with Gasteiger partial charge in [0, 0.05) is 19.6 Å². The van der Waals surface area contributed by atoms with Crippen molar-refractivity contribution < 1.29 is 9.26 Å². The molecule has 2 unspecified atom stereocenters. The minimum atomic E-state index is -0.0502. The lowest BCUT2D eigenvalue weighted by molar-refractivity contribution is -0.0350. The molecule has 2 aliphatic heterocycles. The highest BCUT2D eigenvalue weighted by atomic mass is 16.5. The van der Waals surface area contributed by atoms with Crippen molar-refractivity contribution in [2.75, 3.05) is 39.3 Å². The first-order chi connectivity index (χ1) is 9.71. The van der Waals surface area contributed by atoms with E-state index in [-0.39, 0.29) is 11.5 Å². The second-order valence-corrected chi connectivity index (χ2v) is 6.11. The van der Waals surface area contributed by atoms with Crippen LogP contribution in [-0.2, 0) is 10.2 Å². The fourth-order valence-corrected chi connectivity index (χ4v) is 2.99. The minimum Gasteiger partial charge on any atom is -0.367 e. The molecule has 0 aliphatic carbocycles. The Hall–Kier alpha value is -0.980. The molecule has 2 atom stereocenters. The van der Waals surface area contributed by atoms with Crippen LogP contribution in [0.4, 0.5) is 0 Å². The largest absolute Gasteiger partial charge is 0.367 e. The van der Waals surface area contributed by atoms with E-state index in [0.29, 0.717) is 5.82 Å². The molecule has 0 amide bonds. The van der Waals surface area contributed by atoms with Crippen LogP contribution in [0.2, 0.25) is 0 Å². The van der Waals surface area contributed by atoms with Crippen molar-refractivity contribution >= 4 is 0 Å². The summed E-state index contributed by atoms with van der Waals surface area (Å²) < 4.78 is 11.3. The normalized spacial score (nSPS) is 31.8. The number of nitrogens with one attached hydrogen (secondary N) is 1. The Morgan fingerprint density at radius 2 is 2.40 bits per heavy atom. The molecule has 2 fully saturated rings. The van der Waals surface area contributed by atoms with Crippen molar-refractivity contribution in [1.29, 1.82) is 0 Å². The molecule has 6 heteroatoms. The van der Waals surface area contributed by atoms with Gasteiger partial charge in [-0.1, -0.05) is 12.1 Å². The first-order valence-corrected chi connectivity index (χ1v) is 7.60. The lowest BCUT2D eigenvalue weighted by Gasteiger charge is -2.31. The van der Waals surface area contributed by atoms with E-state index in [4.69, 9.17) is 9.26 Å². The van der Waals surface area contributed by atoms with Gasteiger partial charge in [0.2, 0.25) is 11.7 Å². The smallest absolute Gasteiger partial charge is 0.234 e. The van der Waals surface area contributed by atoms with E-state index in [2.05, 4.69) is 34.2 Å². The number of nitrogens with zero attached hydrogens (tertiary/aromatic N) is 3. The predicted octanol–water partition coefficient (Wildman–Crippen LogP) is 1.10. The molecular formula is C14H24N4O2. The summed E-state index contributed by atoms with van der Waals surface area (Å²) in [6.07, 6.45) is 2.15. The van der Waals surface area contributed by atoms with E-state index in [1.54, 1.807) is 0 Å². The van der Waals surface area contributed by atoms with Crippen LogP contribution in [-0.4, -0.2) is 54.4 Å². The molecule has 3 heterocycles. The van der Waals surface area contributed by atoms with E-state index in [0.717, 1.165) is 58.1 Å². The van der Waals surface area contributed by atoms with Crippen LogP contribution in [0.25, 0.3) is 0 Å². The van der Waals surface area contributed by atoms with Crippen molar-refractivity contribution in [3.05, 3.63) is 11.7 Å². The molecule has 1 aromatic heterocycles. The fraction of sp³-hybridized carbons (Fsp3) is 0.857. The van der Waals surface area contributed by atoms with Crippen LogP contribution < -0.4 is 5.32 Å². The standard InChI is InChI=1S/C14H24N4O2/c1-3-6-18-7-8-19-11(9-18)12-16-13(20-17-12)14(2)4-5-15-10-14/h11,15H,3-10H2,1-2H3. The molecule has 2 saturated heterocycles. The summed E-state index contributed by atoms with van der Waals surface area (Å²) in [6.45, 7) is 10.00. The average Bonchev–Trinajstić information content (AvgIpc) is 3.09. The number of hydrogen-bond donors (Lipinski definition) is 1. The van der Waals surface area contributed by atoms with Crippen LogP contribution in [0.5, 0.6) is 0 Å². The Labute approximate surface area is 119 Å². The Kier molecular flexibility index (Phi) is 4.05. The summed E-state index contributed by atoms with van der Waals surface area (Å²) in [5.74, 6) is 1.45. The average molecular weight is 280 g/mol. The van der Waals surface area contributed by atoms with Gasteiger partial charge < -0.3 is 14.6 Å². The Balaban J connectivity index is 1.70. The highest BCUT2D eigenvalue weighted by molar-refractivity contribution is 5.08. The van der Waals surface area contributed by atoms with Crippen LogP contribution in [0.15, 0.2) is 4.52 Å². The van der Waals surface area contributed by atoms with Crippen molar-refractivity contribution in [1.82, 2.24) is 20.4 Å². The molecule has 6 nitrogen and oxygen atoms in total. The summed E-state index contributed by atoms with van der Waals surface area (Å²) in [6, 6.07) is 0. The molecule has 1 N–H and O–H groups in total. The number of aromatic nitrogens is 2. The van der Waals surface area contributed by atoms with Gasteiger partial charge in [0.05, 0.1) is 12.0 Å². The van der Waals surface area contributed by atoms with Gasteiger partial charge in [-0.15, -0.1) is 0 Å². The first-order valence-electron chi connectivity index (χ1n) is 7.60. The summed E-state index contributed by atoms with van der Waals surface area (Å²) in [5.41, 5.74) is -0.0248. The summed E-state index contributed by atoms with van der Waals surface area (Å²) in [5, 5.41) is 7.52. The molecule has 112 valence electrons. The SMILES string of the molecule is CCCN1CCOC(c2noc(C3(C)CCNC3)n2)C1. The van der Waals surface area contributed by atoms with Crippen LogP contribution in [0.1, 0.15) is 44.5 Å². The first kappa shape index (κ1) is 14.0. The summed E-state index contributed by atoms with van der Waals surface area (Å²) in [7, 11) is 0. The molecule has 2 aliphatic rings. The Morgan fingerprint density at radius 3 is 3.15 bits per heavy atom. The summed E-state index contributed by atoms with van der Waals surface area (Å²) >= 11 is 0. The molecule has 0 bridgehead atoms. The molecule has 0 radical (unpaired) electrons. The van der Waals surface area contributed by atoms with E-state index < -0.39 is 0 Å². The number of rotatable bonds is 4. The van der Waals surface area contributed by atoms with Crippen molar-refractivity contribution in [3.8, 4) is 0 Å². The zero-order valence-electron chi connectivity index (χ0n) is 12.4. The quantitative estimate of drug-likeness (QED) is 0.891. The topological polar surface area (TPSA) is 63.4 Å². The maximum absolute atomic E-state index is 5.81. The van der Waals surface area contributed by atoms with Crippen molar-refractivity contribution in [3.63, 3.8) is 0 Å². The molecule has 3 rings (SSSR count). The van der Waals surface area contributed by atoms with E-state index in [1.807, 2.05) is 0 Å². The zero-order valence-corrected chi connectivity index (χ0v) is 12.4. The van der Waals surface area contributed by atoms with Gasteiger partial charge in [0.15, 0.2) is 0 Å². The minimum absolute atomic E-state index is 0.0248. The van der Waals surface area contributed by atoms with Gasteiger partial charge in [-0.25, -0.2) is 0 Å². The molecule has 0 spiro atoms. The highest BCUT2D eigenvalue weighted by Gasteiger charge is 2.37. The number of ether oxygens (including phenoxy) is 1. The van der Waals surface area contributed by atoms with E-state index in [9.17, 15) is 0 Å². The molecule has 0 aromatic carbocycles. The molecule has 0 saturated carbocycles. The van der Waals surface area contributed by atoms with Gasteiger partial charge in [-0.05, 0) is 32.9 Å². The molecule has 20 heavy (non-hydrogen) atoms. The Morgan fingerprint density at radius 1 is 1.50 bits per heavy atom. The van der Waals surface area contributed by atoms with Crippen molar-refractivity contribution in [2.45, 2.75) is 38.2 Å². The fourth-order valence-electron chi connectivity index (χ4n) is 2.99. The zero-order chi connectivity index (χ0) is 14.0. The maximum Gasteiger partial charge on any atom is 0.234 e. The van der Waals surface area contributed by atoms with Gasteiger partial charge in [-0.2, -0.15) is 4.98 Å². The van der Waals surface area contributed by atoms with Crippen LogP contribution in [0, 0.1) is 0 Å². The monoisotopic (exact) mass is 280 g/mol. The summed E-state index contributed by atoms with van der Waals surface area (Å²) in [4.78, 5) is 7.02. The van der Waals surface area contributed by atoms with Gasteiger partial charge in [0.1, 0.15) is 6.10 Å². The molecular weight excluding hydrogens is 256 g/mol. The predicted molar refractivity (Wildman–Crippen MR) is 74.6 cm³/mol. The third-order valence-corrected chi connectivity index (χ3v) is 4.31. The second kappa shape index (κ2) is 5.79. The third kappa shape index (κ3) is 2.73. The van der Waals surface area contributed by atoms with E-state index in [1.165, 1.54) is 0 Å². The third-order valence-electron chi connectivity index (χ3n) is 4.31. The van der Waals surface area contributed by atoms with Gasteiger partial charge in [-0.3, -0.25) is 4.90 Å². The van der Waals surface area contributed by atoms with E-state index >= 15 is 0 Å². The lowest BCUT2D eigenvalue weighted by atomic mass is 9.90. The Bertz CT molecular complexity index is 440. The highest BCUT2D eigenvalue weighted by Crippen LogP contribution is 2.30. The van der Waals surface area contributed by atoms with Crippen molar-refractivity contribution in [2.24, 2.45) is 0 Å².